The average Bonchev–Trinajstić information content (AvgIpc) is 2.67. The van der Waals surface area contributed by atoms with Crippen LogP contribution in [0.5, 0.6) is 0 Å². The summed E-state index contributed by atoms with van der Waals surface area (Å²) >= 11 is 5.68. The molecule has 1 aliphatic rings. The van der Waals surface area contributed by atoms with Crippen molar-refractivity contribution in [3.05, 3.63) is 23.2 Å². The van der Waals surface area contributed by atoms with E-state index < -0.39 is 0 Å². The molecule has 0 aromatic carbocycles. The Hall–Kier alpha value is -0.420. The zero-order valence-electron chi connectivity index (χ0n) is 8.24. The molecule has 0 bridgehead atoms. The maximum absolute atomic E-state index is 5.68. The van der Waals surface area contributed by atoms with Crippen molar-refractivity contribution in [2.45, 2.75) is 19.0 Å². The van der Waals surface area contributed by atoms with Gasteiger partial charge in [-0.05, 0) is 30.6 Å². The lowest BCUT2D eigenvalue weighted by molar-refractivity contribution is 0.541. The predicted molar refractivity (Wildman–Crippen MR) is 62.4 cm³/mol. The number of aromatic nitrogens is 2. The first-order valence-electron chi connectivity index (χ1n) is 4.76. The van der Waals surface area contributed by atoms with Crippen LogP contribution in [0.4, 0.5) is 0 Å². The molecule has 0 radical (unpaired) electrons. The van der Waals surface area contributed by atoms with Crippen LogP contribution in [0.25, 0.3) is 0 Å². The molecule has 84 valence electrons. The Morgan fingerprint density at radius 3 is 3.13 bits per heavy atom. The summed E-state index contributed by atoms with van der Waals surface area (Å²) in [7, 11) is 0. The van der Waals surface area contributed by atoms with Crippen molar-refractivity contribution in [3.63, 3.8) is 0 Å². The number of nitrogens with zero attached hydrogens (tertiary/aromatic N) is 2. The molecular formula is C9H14Cl2N4. The summed E-state index contributed by atoms with van der Waals surface area (Å²) < 4.78 is 0. The molecule has 6 heteroatoms. The van der Waals surface area contributed by atoms with Crippen LogP contribution in [0.1, 0.15) is 12.1 Å². The van der Waals surface area contributed by atoms with Crippen molar-refractivity contribution in [1.29, 1.82) is 0 Å². The molecule has 0 amide bonds. The third-order valence-electron chi connectivity index (χ3n) is 2.32. The molecule has 1 aliphatic heterocycles. The van der Waals surface area contributed by atoms with Crippen LogP contribution in [0.15, 0.2) is 12.3 Å². The number of halogens is 2. The Bertz CT molecular complexity index is 302. The van der Waals surface area contributed by atoms with Gasteiger partial charge in [0.15, 0.2) is 0 Å². The molecule has 2 rings (SSSR count). The van der Waals surface area contributed by atoms with Gasteiger partial charge in [0.1, 0.15) is 0 Å². The number of rotatable bonds is 3. The summed E-state index contributed by atoms with van der Waals surface area (Å²) in [5, 5.41) is 7.03. The van der Waals surface area contributed by atoms with Gasteiger partial charge in [-0.25, -0.2) is 9.97 Å². The van der Waals surface area contributed by atoms with Crippen molar-refractivity contribution in [3.8, 4) is 0 Å². The van der Waals surface area contributed by atoms with Gasteiger partial charge in [0.05, 0.1) is 5.69 Å². The summed E-state index contributed by atoms with van der Waals surface area (Å²) in [6, 6.07) is 2.44. The van der Waals surface area contributed by atoms with E-state index in [0.717, 1.165) is 25.3 Å². The van der Waals surface area contributed by atoms with E-state index in [0.29, 0.717) is 11.3 Å². The molecular weight excluding hydrogens is 235 g/mol. The lowest BCUT2D eigenvalue weighted by Gasteiger charge is -2.10. The first kappa shape index (κ1) is 12.6. The molecule has 0 unspecified atom stereocenters. The monoisotopic (exact) mass is 248 g/mol. The smallest absolute Gasteiger partial charge is 0.222 e. The zero-order valence-corrected chi connectivity index (χ0v) is 9.81. The van der Waals surface area contributed by atoms with Crippen molar-refractivity contribution in [2.24, 2.45) is 0 Å². The fourth-order valence-corrected chi connectivity index (χ4v) is 1.71. The summed E-state index contributed by atoms with van der Waals surface area (Å²) in [5.41, 5.74) is 0.942. The molecule has 1 aromatic heterocycles. The lowest BCUT2D eigenvalue weighted by atomic mass is 10.2. The van der Waals surface area contributed by atoms with Gasteiger partial charge in [-0.15, -0.1) is 12.4 Å². The first-order valence-corrected chi connectivity index (χ1v) is 5.14. The zero-order chi connectivity index (χ0) is 9.80. The molecule has 0 saturated carbocycles. The second-order valence-corrected chi connectivity index (χ2v) is 3.73. The van der Waals surface area contributed by atoms with Gasteiger partial charge >= 0.3 is 0 Å². The Morgan fingerprint density at radius 2 is 2.47 bits per heavy atom. The van der Waals surface area contributed by atoms with E-state index in [1.54, 1.807) is 6.20 Å². The van der Waals surface area contributed by atoms with E-state index in [9.17, 15) is 0 Å². The molecule has 1 fully saturated rings. The van der Waals surface area contributed by atoms with Gasteiger partial charge < -0.3 is 10.6 Å². The van der Waals surface area contributed by atoms with Gasteiger partial charge in [-0.3, -0.25) is 0 Å². The van der Waals surface area contributed by atoms with Crippen molar-refractivity contribution in [2.75, 3.05) is 13.1 Å². The molecule has 1 saturated heterocycles. The fraction of sp³-hybridized carbons (Fsp3) is 0.556. The van der Waals surface area contributed by atoms with Gasteiger partial charge in [-0.2, -0.15) is 0 Å². The average molecular weight is 249 g/mol. The standard InChI is InChI=1S/C9H13ClN4.ClH/c10-9-12-4-2-8(14-9)6-13-7-1-3-11-5-7;/h2,4,7,11,13H,1,3,5-6H2;1H/t7-;/m0./s1. The fourth-order valence-electron chi connectivity index (χ4n) is 1.55. The highest BCUT2D eigenvalue weighted by Gasteiger charge is 2.13. The van der Waals surface area contributed by atoms with Crippen LogP contribution >= 0.6 is 24.0 Å². The second-order valence-electron chi connectivity index (χ2n) is 3.39. The molecule has 15 heavy (non-hydrogen) atoms. The van der Waals surface area contributed by atoms with Gasteiger partial charge in [0.2, 0.25) is 5.28 Å². The van der Waals surface area contributed by atoms with E-state index in [1.807, 2.05) is 6.07 Å². The maximum Gasteiger partial charge on any atom is 0.222 e. The van der Waals surface area contributed by atoms with E-state index in [4.69, 9.17) is 11.6 Å². The number of hydrogen-bond acceptors (Lipinski definition) is 4. The van der Waals surface area contributed by atoms with Crippen molar-refractivity contribution < 1.29 is 0 Å². The minimum Gasteiger partial charge on any atom is -0.315 e. The van der Waals surface area contributed by atoms with Crippen LogP contribution in [0.2, 0.25) is 5.28 Å². The highest BCUT2D eigenvalue weighted by molar-refractivity contribution is 6.28. The van der Waals surface area contributed by atoms with Gasteiger partial charge in [-0.1, -0.05) is 0 Å². The summed E-state index contributed by atoms with van der Waals surface area (Å²) in [6.45, 7) is 2.90. The van der Waals surface area contributed by atoms with Crippen LogP contribution < -0.4 is 10.6 Å². The third-order valence-corrected chi connectivity index (χ3v) is 2.50. The number of hydrogen-bond donors (Lipinski definition) is 2. The lowest BCUT2D eigenvalue weighted by Crippen LogP contribution is -2.30. The normalized spacial score (nSPS) is 19.9. The van der Waals surface area contributed by atoms with Crippen LogP contribution in [-0.4, -0.2) is 29.1 Å². The Kier molecular flexibility index (Phi) is 5.25. The third kappa shape index (κ3) is 3.91. The number of nitrogens with one attached hydrogen (secondary N) is 2. The highest BCUT2D eigenvalue weighted by Crippen LogP contribution is 2.02. The SMILES string of the molecule is Cl.Clc1nccc(CN[C@H]2CCNC2)n1. The Morgan fingerprint density at radius 1 is 1.60 bits per heavy atom. The summed E-state index contributed by atoms with van der Waals surface area (Å²) in [4.78, 5) is 7.94. The van der Waals surface area contributed by atoms with Crippen molar-refractivity contribution >= 4 is 24.0 Å². The first-order chi connectivity index (χ1) is 6.84. The topological polar surface area (TPSA) is 49.8 Å². The summed E-state index contributed by atoms with van der Waals surface area (Å²) in [5.74, 6) is 0. The predicted octanol–water partition coefficient (Wildman–Crippen LogP) is 1.00. The minimum absolute atomic E-state index is 0. The maximum atomic E-state index is 5.68. The van der Waals surface area contributed by atoms with Crippen LogP contribution in [0, 0.1) is 0 Å². The Labute approximate surface area is 100 Å². The molecule has 2 heterocycles. The van der Waals surface area contributed by atoms with E-state index >= 15 is 0 Å². The van der Waals surface area contributed by atoms with E-state index in [2.05, 4.69) is 20.6 Å². The van der Waals surface area contributed by atoms with Crippen LogP contribution in [0.3, 0.4) is 0 Å². The second kappa shape index (κ2) is 6.23. The summed E-state index contributed by atoms with van der Waals surface area (Å²) in [6.07, 6.45) is 2.86. The highest BCUT2D eigenvalue weighted by atomic mass is 35.5. The molecule has 1 aromatic rings. The Balaban J connectivity index is 0.00000112. The van der Waals surface area contributed by atoms with E-state index in [-0.39, 0.29) is 12.4 Å². The largest absolute Gasteiger partial charge is 0.315 e. The molecule has 1 atom stereocenters. The molecule has 0 spiro atoms. The van der Waals surface area contributed by atoms with Gasteiger partial charge in [0.25, 0.3) is 0 Å². The quantitative estimate of drug-likeness (QED) is 0.785. The van der Waals surface area contributed by atoms with Gasteiger partial charge in [0, 0.05) is 25.3 Å². The van der Waals surface area contributed by atoms with Crippen molar-refractivity contribution in [1.82, 2.24) is 20.6 Å². The minimum atomic E-state index is 0. The molecule has 0 aliphatic carbocycles. The van der Waals surface area contributed by atoms with E-state index in [1.165, 1.54) is 6.42 Å². The molecule has 4 nitrogen and oxygen atoms in total. The molecule has 2 N–H and O–H groups in total. The van der Waals surface area contributed by atoms with Crippen LogP contribution in [-0.2, 0) is 6.54 Å².